The molecular formula is C17H17BrN2O3. The molecule has 1 aromatic carbocycles. The lowest BCUT2D eigenvalue weighted by Gasteiger charge is -2.22. The Hall–Kier alpha value is -2.08. The van der Waals surface area contributed by atoms with E-state index in [4.69, 9.17) is 4.74 Å². The number of methoxy groups -OCH3 is 1. The highest BCUT2D eigenvalue weighted by molar-refractivity contribution is 9.10. The van der Waals surface area contributed by atoms with E-state index in [-0.39, 0.29) is 11.5 Å². The minimum atomic E-state index is -0.255. The number of hydrogen-bond acceptors (Lipinski definition) is 3. The van der Waals surface area contributed by atoms with Gasteiger partial charge in [-0.15, -0.1) is 0 Å². The number of amides is 1. The molecule has 0 atom stereocenters. The van der Waals surface area contributed by atoms with Gasteiger partial charge in [0.1, 0.15) is 11.3 Å². The van der Waals surface area contributed by atoms with Crippen LogP contribution in [-0.2, 0) is 13.0 Å². The number of halogens is 1. The summed E-state index contributed by atoms with van der Waals surface area (Å²) >= 11 is 3.37. The van der Waals surface area contributed by atoms with Gasteiger partial charge in [-0.25, -0.2) is 0 Å². The number of nitrogens with one attached hydrogen (secondary N) is 1. The predicted molar refractivity (Wildman–Crippen MR) is 92.3 cm³/mol. The highest BCUT2D eigenvalue weighted by atomic mass is 79.9. The van der Waals surface area contributed by atoms with Gasteiger partial charge < -0.3 is 14.6 Å². The van der Waals surface area contributed by atoms with Crippen LogP contribution in [0.2, 0.25) is 0 Å². The van der Waals surface area contributed by atoms with Crippen molar-refractivity contribution in [2.45, 2.75) is 25.8 Å². The first-order valence-corrected chi connectivity index (χ1v) is 8.27. The Balaban J connectivity index is 2.02. The fraction of sp³-hybridized carbons (Fsp3) is 0.294. The van der Waals surface area contributed by atoms with E-state index < -0.39 is 0 Å². The molecule has 2 aromatic rings. The number of fused-ring (bicyclic) bond motifs is 1. The van der Waals surface area contributed by atoms with Gasteiger partial charge in [-0.1, -0.05) is 15.9 Å². The summed E-state index contributed by atoms with van der Waals surface area (Å²) in [5.74, 6) is 0.0765. The highest BCUT2D eigenvalue weighted by Crippen LogP contribution is 2.26. The first-order valence-electron chi connectivity index (χ1n) is 7.48. The van der Waals surface area contributed by atoms with Gasteiger partial charge >= 0.3 is 0 Å². The van der Waals surface area contributed by atoms with Crippen molar-refractivity contribution in [3.63, 3.8) is 0 Å². The molecule has 0 fully saturated rings. The zero-order valence-corrected chi connectivity index (χ0v) is 14.4. The van der Waals surface area contributed by atoms with Gasteiger partial charge in [0, 0.05) is 28.5 Å². The smallest absolute Gasteiger partial charge is 0.261 e. The summed E-state index contributed by atoms with van der Waals surface area (Å²) < 4.78 is 7.91. The van der Waals surface area contributed by atoms with Crippen LogP contribution in [0.1, 0.15) is 28.9 Å². The van der Waals surface area contributed by atoms with Gasteiger partial charge in [0.05, 0.1) is 7.11 Å². The van der Waals surface area contributed by atoms with E-state index in [9.17, 15) is 9.59 Å². The van der Waals surface area contributed by atoms with Crippen molar-refractivity contribution in [2.75, 3.05) is 12.4 Å². The fourth-order valence-electron chi connectivity index (χ4n) is 2.87. The van der Waals surface area contributed by atoms with Crippen molar-refractivity contribution in [1.29, 1.82) is 0 Å². The van der Waals surface area contributed by atoms with E-state index in [2.05, 4.69) is 21.2 Å². The van der Waals surface area contributed by atoms with E-state index in [1.807, 2.05) is 24.3 Å². The quantitative estimate of drug-likeness (QED) is 0.894. The molecule has 1 N–H and O–H groups in total. The Bertz CT molecular complexity index is 797. The van der Waals surface area contributed by atoms with Crippen LogP contribution in [0.25, 0.3) is 0 Å². The topological polar surface area (TPSA) is 60.3 Å². The van der Waals surface area contributed by atoms with Gasteiger partial charge in [-0.05, 0) is 43.5 Å². The monoisotopic (exact) mass is 376 g/mol. The van der Waals surface area contributed by atoms with Gasteiger partial charge in [0.25, 0.3) is 11.5 Å². The lowest BCUT2D eigenvalue weighted by molar-refractivity contribution is 0.102. The largest absolute Gasteiger partial charge is 0.496 e. The van der Waals surface area contributed by atoms with Crippen molar-refractivity contribution in [3.05, 3.63) is 56.4 Å². The van der Waals surface area contributed by atoms with Crippen LogP contribution in [0.4, 0.5) is 5.69 Å². The van der Waals surface area contributed by atoms with Crippen molar-refractivity contribution in [3.8, 4) is 5.75 Å². The average molecular weight is 377 g/mol. The summed E-state index contributed by atoms with van der Waals surface area (Å²) in [7, 11) is 1.48. The molecule has 1 aliphatic heterocycles. The van der Waals surface area contributed by atoms with Crippen LogP contribution >= 0.6 is 15.9 Å². The Kier molecular flexibility index (Phi) is 4.52. The molecule has 0 spiro atoms. The predicted octanol–water partition coefficient (Wildman–Crippen LogP) is 3.21. The zero-order valence-electron chi connectivity index (χ0n) is 12.8. The molecule has 0 unspecified atom stereocenters. The van der Waals surface area contributed by atoms with Crippen LogP contribution < -0.4 is 15.6 Å². The third kappa shape index (κ3) is 3.17. The summed E-state index contributed by atoms with van der Waals surface area (Å²) in [6.07, 6.45) is 2.62. The minimum absolute atomic E-state index is 0.114. The van der Waals surface area contributed by atoms with Gasteiger partial charge in [0.2, 0.25) is 0 Å². The van der Waals surface area contributed by atoms with E-state index >= 15 is 0 Å². The van der Waals surface area contributed by atoms with Gasteiger partial charge in [0.15, 0.2) is 0 Å². The van der Waals surface area contributed by atoms with Crippen molar-refractivity contribution < 1.29 is 9.53 Å². The van der Waals surface area contributed by atoms with Crippen LogP contribution in [-0.4, -0.2) is 17.6 Å². The van der Waals surface area contributed by atoms with Crippen LogP contribution in [0.5, 0.6) is 5.75 Å². The normalized spacial score (nSPS) is 13.3. The first kappa shape index (κ1) is 15.8. The molecule has 1 aromatic heterocycles. The number of pyridine rings is 1. The average Bonchev–Trinajstić information content (AvgIpc) is 2.56. The van der Waals surface area contributed by atoms with Crippen LogP contribution in [0.3, 0.4) is 0 Å². The lowest BCUT2D eigenvalue weighted by atomic mass is 10.0. The maximum absolute atomic E-state index is 12.7. The number of anilines is 1. The molecule has 0 aliphatic carbocycles. The molecular weight excluding hydrogens is 360 g/mol. The second-order valence-corrected chi connectivity index (χ2v) is 6.36. The molecule has 120 valence electrons. The number of nitrogens with zero attached hydrogens (tertiary/aromatic N) is 1. The van der Waals surface area contributed by atoms with Gasteiger partial charge in [-0.3, -0.25) is 9.59 Å². The number of carbonyl (C=O) groups is 1. The second-order valence-electron chi connectivity index (χ2n) is 5.44. The lowest BCUT2D eigenvalue weighted by Crippen LogP contribution is -2.30. The van der Waals surface area contributed by atoms with Crippen molar-refractivity contribution in [2.24, 2.45) is 0 Å². The Morgan fingerprint density at radius 1 is 1.26 bits per heavy atom. The maximum atomic E-state index is 12.7. The Morgan fingerprint density at radius 2 is 2.00 bits per heavy atom. The van der Waals surface area contributed by atoms with E-state index in [0.29, 0.717) is 30.0 Å². The number of ether oxygens (including phenoxy) is 1. The van der Waals surface area contributed by atoms with E-state index in [1.165, 1.54) is 13.2 Å². The molecule has 0 saturated heterocycles. The number of benzene rings is 1. The highest BCUT2D eigenvalue weighted by Gasteiger charge is 2.24. The zero-order chi connectivity index (χ0) is 16.4. The molecule has 3 rings (SSSR count). The number of rotatable bonds is 3. The molecule has 2 heterocycles. The van der Waals surface area contributed by atoms with E-state index in [1.54, 1.807) is 4.57 Å². The molecule has 5 nitrogen and oxygen atoms in total. The molecule has 1 aliphatic rings. The third-order valence-corrected chi connectivity index (χ3v) is 4.50. The number of aromatic nitrogens is 1. The van der Waals surface area contributed by atoms with Gasteiger partial charge in [-0.2, -0.15) is 0 Å². The Morgan fingerprint density at radius 3 is 2.70 bits per heavy atom. The summed E-state index contributed by atoms with van der Waals surface area (Å²) in [5, 5.41) is 2.87. The minimum Gasteiger partial charge on any atom is -0.496 e. The summed E-state index contributed by atoms with van der Waals surface area (Å²) in [4.78, 5) is 24.9. The Labute approximate surface area is 142 Å². The summed E-state index contributed by atoms with van der Waals surface area (Å²) in [6, 6.07) is 8.74. The van der Waals surface area contributed by atoms with Crippen molar-refractivity contribution >= 4 is 27.5 Å². The number of carbonyl (C=O) groups excluding carboxylic acids is 1. The molecule has 0 bridgehead atoms. The molecule has 23 heavy (non-hydrogen) atoms. The maximum Gasteiger partial charge on any atom is 0.261 e. The standard InChI is InChI=1S/C17H17BrN2O3/c1-23-14-10-15(21)20-9-3-2-4-13(20)16(14)17(22)19-12-7-5-11(18)6-8-12/h5-8,10H,2-4,9H2,1H3,(H,19,22). The fourth-order valence-corrected chi connectivity index (χ4v) is 3.13. The number of hydrogen-bond donors (Lipinski definition) is 1. The van der Waals surface area contributed by atoms with Crippen LogP contribution in [0.15, 0.2) is 39.6 Å². The molecule has 0 saturated carbocycles. The first-order chi connectivity index (χ1) is 11.1. The SMILES string of the molecule is COc1cc(=O)n2c(c1C(=O)Nc1ccc(Br)cc1)CCCC2. The van der Waals surface area contributed by atoms with Crippen molar-refractivity contribution in [1.82, 2.24) is 4.57 Å². The molecule has 0 radical (unpaired) electrons. The summed E-state index contributed by atoms with van der Waals surface area (Å²) in [5.41, 5.74) is 1.79. The van der Waals surface area contributed by atoms with E-state index in [0.717, 1.165) is 23.0 Å². The third-order valence-electron chi connectivity index (χ3n) is 3.98. The second kappa shape index (κ2) is 6.58. The summed E-state index contributed by atoms with van der Waals surface area (Å²) in [6.45, 7) is 0.650. The van der Waals surface area contributed by atoms with Crippen LogP contribution in [0, 0.1) is 0 Å². The molecule has 6 heteroatoms. The molecule has 1 amide bonds.